The molecular formula is C28H37O2. The van der Waals surface area contributed by atoms with Gasteiger partial charge in [-0.3, -0.25) is 0 Å². The summed E-state index contributed by atoms with van der Waals surface area (Å²) < 4.78 is 5.98. The van der Waals surface area contributed by atoms with Crippen LogP contribution in [0.15, 0.2) is 48.5 Å². The van der Waals surface area contributed by atoms with E-state index in [1.807, 2.05) is 0 Å². The molecule has 0 aromatic heterocycles. The molecule has 0 unspecified atom stereocenters. The molecule has 2 nitrogen and oxygen atoms in total. The van der Waals surface area contributed by atoms with Gasteiger partial charge in [0.2, 0.25) is 0 Å². The Morgan fingerprint density at radius 2 is 1.33 bits per heavy atom. The zero-order chi connectivity index (χ0) is 21.0. The summed E-state index contributed by atoms with van der Waals surface area (Å²) in [5.41, 5.74) is 1.24. The molecular weight excluding hydrogens is 368 g/mol. The average Bonchev–Trinajstić information content (AvgIpc) is 2.78. The highest BCUT2D eigenvalue weighted by Crippen LogP contribution is 2.34. The molecule has 0 aliphatic heterocycles. The summed E-state index contributed by atoms with van der Waals surface area (Å²) in [6.45, 7) is 2.30. The van der Waals surface area contributed by atoms with E-state index in [9.17, 15) is 5.11 Å². The van der Waals surface area contributed by atoms with Crippen molar-refractivity contribution in [1.82, 2.24) is 0 Å². The summed E-state index contributed by atoms with van der Waals surface area (Å²) in [5.74, 6) is 0.921. The standard InChI is InChI=1S/C28H37O2/c1-2-3-4-5-6-7-8-9-10-11-14-23-17-18-26-21-24-15-12-13-16-25(24)22-27(26)28(23)30-20-19-29/h12-13,15-18,21-22H,2-11,14,19-20H2,1H3. The minimum atomic E-state index is -0.207. The fourth-order valence-corrected chi connectivity index (χ4v) is 4.35. The lowest BCUT2D eigenvalue weighted by Gasteiger charge is -2.15. The van der Waals surface area contributed by atoms with Crippen LogP contribution < -0.4 is 4.74 Å². The van der Waals surface area contributed by atoms with Crippen LogP contribution in [0.25, 0.3) is 21.5 Å². The minimum absolute atomic E-state index is 0.207. The molecule has 30 heavy (non-hydrogen) atoms. The van der Waals surface area contributed by atoms with E-state index < -0.39 is 0 Å². The van der Waals surface area contributed by atoms with Crippen LogP contribution in [0.1, 0.15) is 76.7 Å². The first-order chi connectivity index (χ1) is 14.8. The van der Waals surface area contributed by atoms with Crippen LogP contribution in [-0.4, -0.2) is 13.2 Å². The summed E-state index contributed by atoms with van der Waals surface area (Å²) >= 11 is 0. The Morgan fingerprint density at radius 3 is 2.00 bits per heavy atom. The Kier molecular flexibility index (Phi) is 9.50. The van der Waals surface area contributed by atoms with Gasteiger partial charge < -0.3 is 4.74 Å². The number of ether oxygens (including phenoxy) is 1. The van der Waals surface area contributed by atoms with E-state index in [0.29, 0.717) is 0 Å². The maximum atomic E-state index is 11.1. The molecule has 1 radical (unpaired) electrons. The molecule has 3 rings (SSSR count). The smallest absolute Gasteiger partial charge is 0.130 e. The van der Waals surface area contributed by atoms with Crippen molar-refractivity contribution >= 4 is 21.5 Å². The normalized spacial score (nSPS) is 11.4. The molecule has 0 aliphatic carbocycles. The van der Waals surface area contributed by atoms with Crippen LogP contribution in [0.5, 0.6) is 5.75 Å². The predicted octanol–water partition coefficient (Wildman–Crippen LogP) is 8.27. The van der Waals surface area contributed by atoms with E-state index >= 15 is 0 Å². The van der Waals surface area contributed by atoms with E-state index in [4.69, 9.17) is 4.74 Å². The largest absolute Gasteiger partial charge is 0.490 e. The minimum Gasteiger partial charge on any atom is -0.490 e. The van der Waals surface area contributed by atoms with E-state index in [1.165, 1.54) is 85.9 Å². The van der Waals surface area contributed by atoms with Gasteiger partial charge in [-0.1, -0.05) is 101 Å². The van der Waals surface area contributed by atoms with E-state index in [0.717, 1.165) is 17.6 Å². The summed E-state index contributed by atoms with van der Waals surface area (Å²) in [6.07, 6.45) is 14.4. The Balaban J connectivity index is 1.58. The van der Waals surface area contributed by atoms with E-state index in [2.05, 4.69) is 55.5 Å². The topological polar surface area (TPSA) is 29.1 Å². The second-order valence-electron chi connectivity index (χ2n) is 8.46. The summed E-state index contributed by atoms with van der Waals surface area (Å²) in [6, 6.07) is 17.3. The second kappa shape index (κ2) is 12.6. The van der Waals surface area contributed by atoms with Crippen LogP contribution in [-0.2, 0) is 11.5 Å². The summed E-state index contributed by atoms with van der Waals surface area (Å²) in [4.78, 5) is 0. The van der Waals surface area contributed by atoms with Crippen molar-refractivity contribution in [3.63, 3.8) is 0 Å². The molecule has 0 bridgehead atoms. The van der Waals surface area contributed by atoms with Crippen molar-refractivity contribution in [3.05, 3.63) is 54.1 Å². The van der Waals surface area contributed by atoms with Crippen LogP contribution in [0.4, 0.5) is 0 Å². The highest BCUT2D eigenvalue weighted by Gasteiger charge is 2.10. The Bertz CT molecular complexity index is 900. The van der Waals surface area contributed by atoms with E-state index in [1.54, 1.807) is 0 Å². The SMILES string of the molecule is CCCCCCCCCCCCc1ccc2cc3ccccc3cc2c1OCC[O]. The van der Waals surface area contributed by atoms with Gasteiger partial charge in [0.05, 0.1) is 0 Å². The number of rotatable bonds is 14. The highest BCUT2D eigenvalue weighted by molar-refractivity contribution is 6.01. The maximum Gasteiger partial charge on any atom is 0.130 e. The van der Waals surface area contributed by atoms with Gasteiger partial charge in [0.15, 0.2) is 0 Å². The van der Waals surface area contributed by atoms with Crippen molar-refractivity contribution in [3.8, 4) is 5.75 Å². The van der Waals surface area contributed by atoms with E-state index in [-0.39, 0.29) is 13.2 Å². The van der Waals surface area contributed by atoms with Crippen molar-refractivity contribution in [2.75, 3.05) is 13.2 Å². The Hall–Kier alpha value is -2.06. The Morgan fingerprint density at radius 1 is 0.700 bits per heavy atom. The third-order valence-corrected chi connectivity index (χ3v) is 6.05. The Labute approximate surface area is 182 Å². The average molecular weight is 406 g/mol. The molecule has 0 aliphatic rings. The van der Waals surface area contributed by atoms with Gasteiger partial charge in [0, 0.05) is 5.39 Å². The molecule has 3 aromatic rings. The van der Waals surface area contributed by atoms with Crippen molar-refractivity contribution in [2.24, 2.45) is 0 Å². The zero-order valence-corrected chi connectivity index (χ0v) is 18.6. The first-order valence-electron chi connectivity index (χ1n) is 12.0. The molecule has 0 N–H and O–H groups in total. The number of hydrogen-bond acceptors (Lipinski definition) is 1. The molecule has 0 fully saturated rings. The van der Waals surface area contributed by atoms with Crippen molar-refractivity contribution < 1.29 is 9.84 Å². The van der Waals surface area contributed by atoms with Gasteiger partial charge in [-0.15, -0.1) is 0 Å². The van der Waals surface area contributed by atoms with Gasteiger partial charge in [-0.2, -0.15) is 0 Å². The maximum absolute atomic E-state index is 11.1. The van der Waals surface area contributed by atoms with Gasteiger partial charge in [0.1, 0.15) is 19.0 Å². The monoisotopic (exact) mass is 405 g/mol. The first kappa shape index (κ1) is 22.6. The molecule has 0 spiro atoms. The van der Waals surface area contributed by atoms with Crippen LogP contribution in [0, 0.1) is 0 Å². The zero-order valence-electron chi connectivity index (χ0n) is 18.6. The second-order valence-corrected chi connectivity index (χ2v) is 8.46. The lowest BCUT2D eigenvalue weighted by atomic mass is 9.97. The fraction of sp³-hybridized carbons (Fsp3) is 0.500. The summed E-state index contributed by atoms with van der Waals surface area (Å²) in [7, 11) is 0. The van der Waals surface area contributed by atoms with Gasteiger partial charge in [-0.05, 0) is 46.7 Å². The lowest BCUT2D eigenvalue weighted by Crippen LogP contribution is -2.04. The number of aryl methyl sites for hydroxylation is 1. The lowest BCUT2D eigenvalue weighted by molar-refractivity contribution is 0.138. The van der Waals surface area contributed by atoms with Gasteiger partial charge in [-0.25, -0.2) is 5.11 Å². The number of unbranched alkanes of at least 4 members (excludes halogenated alkanes) is 9. The predicted molar refractivity (Wildman–Crippen MR) is 128 cm³/mol. The quantitative estimate of drug-likeness (QED) is 0.196. The molecule has 0 saturated heterocycles. The molecule has 0 amide bonds. The number of fused-ring (bicyclic) bond motifs is 2. The highest BCUT2D eigenvalue weighted by atomic mass is 16.5. The fourth-order valence-electron chi connectivity index (χ4n) is 4.35. The third kappa shape index (κ3) is 6.47. The number of benzene rings is 3. The molecule has 0 saturated carbocycles. The van der Waals surface area contributed by atoms with Crippen LogP contribution >= 0.6 is 0 Å². The molecule has 161 valence electrons. The van der Waals surface area contributed by atoms with Crippen molar-refractivity contribution in [1.29, 1.82) is 0 Å². The number of hydrogen-bond donors (Lipinski definition) is 0. The molecule has 0 heterocycles. The molecule has 2 heteroatoms. The first-order valence-corrected chi connectivity index (χ1v) is 12.0. The van der Waals surface area contributed by atoms with Gasteiger partial charge >= 0.3 is 0 Å². The molecule has 3 aromatic carbocycles. The van der Waals surface area contributed by atoms with Crippen LogP contribution in [0.3, 0.4) is 0 Å². The van der Waals surface area contributed by atoms with Crippen molar-refractivity contribution in [2.45, 2.75) is 77.6 Å². The van der Waals surface area contributed by atoms with Crippen LogP contribution in [0.2, 0.25) is 0 Å². The third-order valence-electron chi connectivity index (χ3n) is 6.05. The summed E-state index contributed by atoms with van der Waals surface area (Å²) in [5, 5.41) is 15.8. The van der Waals surface area contributed by atoms with Gasteiger partial charge in [0.25, 0.3) is 0 Å². The molecule has 0 atom stereocenters.